The standard InChI is InChI=1S/C20H27N5O2/c1-24(2)10-17-11-25(19-8-9-21-15-22-19)12-18(17)23-20(26)14-27-13-16-6-4-3-5-7-16/h3-9,15,17-18H,10-14H2,1-2H3,(H,23,26)/t17-,18-/m1/s1. The molecule has 2 atom stereocenters. The molecule has 0 saturated carbocycles. The maximum Gasteiger partial charge on any atom is 0.246 e. The molecule has 3 rings (SSSR count). The third kappa shape index (κ3) is 5.74. The van der Waals surface area contributed by atoms with Crippen molar-refractivity contribution >= 4 is 11.7 Å². The van der Waals surface area contributed by atoms with E-state index in [9.17, 15) is 4.79 Å². The van der Waals surface area contributed by atoms with Crippen LogP contribution >= 0.6 is 0 Å². The fourth-order valence-corrected chi connectivity index (χ4v) is 3.43. The van der Waals surface area contributed by atoms with E-state index in [4.69, 9.17) is 4.74 Å². The quantitative estimate of drug-likeness (QED) is 0.753. The highest BCUT2D eigenvalue weighted by Gasteiger charge is 2.34. The van der Waals surface area contributed by atoms with E-state index in [0.717, 1.165) is 31.0 Å². The molecule has 0 radical (unpaired) electrons. The van der Waals surface area contributed by atoms with E-state index < -0.39 is 0 Å². The van der Waals surface area contributed by atoms with E-state index in [1.54, 1.807) is 12.5 Å². The van der Waals surface area contributed by atoms with E-state index in [2.05, 4.69) is 39.2 Å². The van der Waals surface area contributed by atoms with Gasteiger partial charge in [-0.3, -0.25) is 4.79 Å². The monoisotopic (exact) mass is 369 g/mol. The first-order valence-corrected chi connectivity index (χ1v) is 9.18. The third-order valence-corrected chi connectivity index (χ3v) is 4.62. The van der Waals surface area contributed by atoms with Crippen LogP contribution in [0.2, 0.25) is 0 Å². The SMILES string of the molecule is CN(C)C[C@@H]1CN(c2ccncn2)C[C@H]1NC(=O)COCc1ccccc1. The lowest BCUT2D eigenvalue weighted by atomic mass is 10.0. The summed E-state index contributed by atoms with van der Waals surface area (Å²) < 4.78 is 5.56. The molecule has 1 aliphatic heterocycles. The molecular weight excluding hydrogens is 342 g/mol. The first-order chi connectivity index (χ1) is 13.1. The predicted molar refractivity (Wildman–Crippen MR) is 104 cm³/mol. The van der Waals surface area contributed by atoms with Crippen LogP contribution in [0.1, 0.15) is 5.56 Å². The third-order valence-electron chi connectivity index (χ3n) is 4.62. The molecule has 2 heterocycles. The Hall–Kier alpha value is -2.51. The minimum absolute atomic E-state index is 0.0631. The van der Waals surface area contributed by atoms with Crippen LogP contribution in [0.4, 0.5) is 5.82 Å². The lowest BCUT2D eigenvalue weighted by molar-refractivity contribution is -0.127. The number of carbonyl (C=O) groups excluding carboxylic acids is 1. The number of hydrogen-bond acceptors (Lipinski definition) is 6. The van der Waals surface area contributed by atoms with E-state index >= 15 is 0 Å². The van der Waals surface area contributed by atoms with Crippen molar-refractivity contribution in [1.29, 1.82) is 0 Å². The number of amides is 1. The average molecular weight is 369 g/mol. The lowest BCUT2D eigenvalue weighted by Gasteiger charge is -2.22. The fourth-order valence-electron chi connectivity index (χ4n) is 3.43. The molecule has 27 heavy (non-hydrogen) atoms. The molecule has 1 aromatic carbocycles. The molecule has 7 nitrogen and oxygen atoms in total. The highest BCUT2D eigenvalue weighted by atomic mass is 16.5. The Morgan fingerprint density at radius 3 is 2.78 bits per heavy atom. The van der Waals surface area contributed by atoms with Gasteiger partial charge in [0.2, 0.25) is 5.91 Å². The molecule has 0 spiro atoms. The summed E-state index contributed by atoms with van der Waals surface area (Å²) in [4.78, 5) is 25.0. The van der Waals surface area contributed by atoms with Crippen molar-refractivity contribution in [3.05, 3.63) is 54.5 Å². The average Bonchev–Trinajstić information content (AvgIpc) is 3.05. The zero-order valence-corrected chi connectivity index (χ0v) is 15.9. The summed E-state index contributed by atoms with van der Waals surface area (Å²) in [6, 6.07) is 11.8. The van der Waals surface area contributed by atoms with Crippen molar-refractivity contribution in [2.45, 2.75) is 12.6 Å². The van der Waals surface area contributed by atoms with Crippen molar-refractivity contribution in [2.75, 3.05) is 45.2 Å². The van der Waals surface area contributed by atoms with Crippen LogP contribution in [0.25, 0.3) is 0 Å². The van der Waals surface area contributed by atoms with Crippen molar-refractivity contribution < 1.29 is 9.53 Å². The predicted octanol–water partition coefficient (Wildman–Crippen LogP) is 1.18. The smallest absolute Gasteiger partial charge is 0.246 e. The van der Waals surface area contributed by atoms with Crippen molar-refractivity contribution in [3.63, 3.8) is 0 Å². The molecule has 144 valence electrons. The largest absolute Gasteiger partial charge is 0.367 e. The number of carbonyl (C=O) groups is 1. The Morgan fingerprint density at radius 2 is 2.07 bits per heavy atom. The lowest BCUT2D eigenvalue weighted by Crippen LogP contribution is -2.44. The zero-order chi connectivity index (χ0) is 19.1. The van der Waals surface area contributed by atoms with Crippen molar-refractivity contribution in [2.24, 2.45) is 5.92 Å². The van der Waals surface area contributed by atoms with Gasteiger partial charge in [0.25, 0.3) is 0 Å². The highest BCUT2D eigenvalue weighted by Crippen LogP contribution is 2.22. The molecule has 1 fully saturated rings. The number of rotatable bonds is 8. The van der Waals surface area contributed by atoms with Crippen LogP contribution in [0.3, 0.4) is 0 Å². The number of nitrogens with one attached hydrogen (secondary N) is 1. The van der Waals surface area contributed by atoms with Crippen molar-refractivity contribution in [1.82, 2.24) is 20.2 Å². The summed E-state index contributed by atoms with van der Waals surface area (Å²) in [5.74, 6) is 1.14. The molecule has 1 amide bonds. The Labute approximate surface area is 160 Å². The van der Waals surface area contributed by atoms with Gasteiger partial charge in [0.1, 0.15) is 18.8 Å². The van der Waals surface area contributed by atoms with E-state index in [-0.39, 0.29) is 18.6 Å². The minimum atomic E-state index is -0.0794. The van der Waals surface area contributed by atoms with Crippen LogP contribution < -0.4 is 10.2 Å². The Bertz CT molecular complexity index is 711. The van der Waals surface area contributed by atoms with E-state index in [1.165, 1.54) is 0 Å². The molecule has 2 aromatic rings. The maximum atomic E-state index is 12.4. The van der Waals surface area contributed by atoms with Gasteiger partial charge >= 0.3 is 0 Å². The van der Waals surface area contributed by atoms with Crippen LogP contribution in [-0.2, 0) is 16.1 Å². The second-order valence-electron chi connectivity index (χ2n) is 7.15. The van der Waals surface area contributed by atoms with Gasteiger partial charge < -0.3 is 19.9 Å². The second-order valence-corrected chi connectivity index (χ2v) is 7.15. The molecule has 0 aliphatic carbocycles. The van der Waals surface area contributed by atoms with Gasteiger partial charge in [0.15, 0.2) is 0 Å². The van der Waals surface area contributed by atoms with Crippen LogP contribution in [-0.4, -0.2) is 67.2 Å². The fraction of sp³-hybridized carbons (Fsp3) is 0.450. The van der Waals surface area contributed by atoms with E-state index in [1.807, 2.05) is 36.4 Å². The summed E-state index contributed by atoms with van der Waals surface area (Å²) in [5, 5.41) is 3.14. The normalized spacial score (nSPS) is 19.4. The first kappa shape index (κ1) is 19.3. The number of hydrogen-bond donors (Lipinski definition) is 1. The van der Waals surface area contributed by atoms with Gasteiger partial charge in [-0.05, 0) is 25.7 Å². The van der Waals surface area contributed by atoms with Gasteiger partial charge in [-0.15, -0.1) is 0 Å². The zero-order valence-electron chi connectivity index (χ0n) is 15.9. The number of ether oxygens (including phenoxy) is 1. The number of aromatic nitrogens is 2. The van der Waals surface area contributed by atoms with Gasteiger partial charge in [-0.2, -0.15) is 0 Å². The summed E-state index contributed by atoms with van der Waals surface area (Å²) in [6.45, 7) is 2.99. The number of nitrogens with zero attached hydrogens (tertiary/aromatic N) is 4. The van der Waals surface area contributed by atoms with Gasteiger partial charge in [0.05, 0.1) is 12.6 Å². The van der Waals surface area contributed by atoms with E-state index in [0.29, 0.717) is 12.5 Å². The Morgan fingerprint density at radius 1 is 1.26 bits per heavy atom. The van der Waals surface area contributed by atoms with Gasteiger partial charge in [0, 0.05) is 31.7 Å². The molecule has 0 bridgehead atoms. The Kier molecular flexibility index (Phi) is 6.73. The van der Waals surface area contributed by atoms with Crippen molar-refractivity contribution in [3.8, 4) is 0 Å². The summed E-state index contributed by atoms with van der Waals surface area (Å²) in [5.41, 5.74) is 1.06. The molecule has 0 unspecified atom stereocenters. The number of benzene rings is 1. The van der Waals surface area contributed by atoms with Crippen LogP contribution in [0.5, 0.6) is 0 Å². The molecule has 1 aliphatic rings. The minimum Gasteiger partial charge on any atom is -0.367 e. The second kappa shape index (κ2) is 9.43. The molecule has 7 heteroatoms. The molecule has 1 saturated heterocycles. The van der Waals surface area contributed by atoms with Crippen LogP contribution in [0.15, 0.2) is 48.9 Å². The Balaban J connectivity index is 1.53. The maximum absolute atomic E-state index is 12.4. The highest BCUT2D eigenvalue weighted by molar-refractivity contribution is 5.77. The van der Waals surface area contributed by atoms with Crippen LogP contribution in [0, 0.1) is 5.92 Å². The van der Waals surface area contributed by atoms with Gasteiger partial charge in [-0.25, -0.2) is 9.97 Å². The first-order valence-electron chi connectivity index (χ1n) is 9.18. The van der Waals surface area contributed by atoms with Gasteiger partial charge in [-0.1, -0.05) is 30.3 Å². The summed E-state index contributed by atoms with van der Waals surface area (Å²) in [6.07, 6.45) is 3.30. The molecule has 1 N–H and O–H groups in total. The topological polar surface area (TPSA) is 70.6 Å². The summed E-state index contributed by atoms with van der Waals surface area (Å²) >= 11 is 0. The number of anilines is 1. The summed E-state index contributed by atoms with van der Waals surface area (Å²) in [7, 11) is 4.10. The molecular formula is C20H27N5O2. The molecule has 1 aromatic heterocycles.